The molecule has 3 fully saturated rings. The second-order valence-electron chi connectivity index (χ2n) is 11.8. The van der Waals surface area contributed by atoms with Crippen molar-refractivity contribution in [1.82, 2.24) is 39.0 Å². The van der Waals surface area contributed by atoms with E-state index < -0.39 is 94.2 Å². The van der Waals surface area contributed by atoms with Crippen LogP contribution in [0, 0.1) is 0 Å². The van der Waals surface area contributed by atoms with E-state index in [0.717, 1.165) is 6.33 Å². The van der Waals surface area contributed by atoms with Gasteiger partial charge < -0.3 is 35.5 Å². The number of aliphatic hydroxyl groups is 1. The lowest BCUT2D eigenvalue weighted by atomic mass is 10.1. The van der Waals surface area contributed by atoms with Crippen LogP contribution in [0.15, 0.2) is 25.3 Å². The molecule has 3 aliphatic rings. The number of carbonyl (C=O) groups is 1. The summed E-state index contributed by atoms with van der Waals surface area (Å²) < 4.78 is 93.5. The van der Waals surface area contributed by atoms with Crippen molar-refractivity contribution in [2.45, 2.75) is 69.1 Å². The number of nitrogens with zero attached hydrogens (tertiary/aromatic N) is 8. The number of carbonyl (C=O) groups excluding carboxylic acids is 1. The topological polar surface area (TPSA) is 285 Å². The van der Waals surface area contributed by atoms with Crippen LogP contribution >= 0.6 is 36.4 Å². The highest BCUT2D eigenvalue weighted by molar-refractivity contribution is 8.55. The lowest BCUT2D eigenvalue weighted by molar-refractivity contribution is -0.0569. The summed E-state index contributed by atoms with van der Waals surface area (Å²) in [6.45, 7) is -6.87. The zero-order valence-electron chi connectivity index (χ0n) is 27.9. The molecule has 0 aliphatic carbocycles. The molecule has 5 N–H and O–H groups in total. The third kappa shape index (κ3) is 7.57. The van der Waals surface area contributed by atoms with Gasteiger partial charge in [-0.3, -0.25) is 27.2 Å². The van der Waals surface area contributed by atoms with Crippen LogP contribution in [-0.4, -0.2) is 119 Å². The molecule has 22 nitrogen and oxygen atoms in total. The van der Waals surface area contributed by atoms with E-state index in [0.29, 0.717) is 22.8 Å². The van der Waals surface area contributed by atoms with Crippen LogP contribution in [0.1, 0.15) is 26.3 Å². The molecule has 2 bridgehead atoms. The Bertz CT molecular complexity index is 2080. The van der Waals surface area contributed by atoms with Crippen molar-refractivity contribution in [3.8, 4) is 0 Å². The molecular formula is C26H33FN10O12P2S2. The van der Waals surface area contributed by atoms with E-state index in [1.807, 2.05) is 0 Å². The van der Waals surface area contributed by atoms with Gasteiger partial charge in [0.1, 0.15) is 54.2 Å². The van der Waals surface area contributed by atoms with Crippen molar-refractivity contribution in [3.63, 3.8) is 0 Å². The Labute approximate surface area is 306 Å². The van der Waals surface area contributed by atoms with Gasteiger partial charge in [0.05, 0.1) is 32.0 Å². The standard InChI is InChI=1S/C26H33FN10O12P2S2/c1-11(2)45-26(39)42-10-53-51(41)44-5-13-18(14(27)24(47-13)36-8-34-15-20(28)30-6-32-22(15)36)48-50(40,52-3)43-4-12-17(38)19(49-51)25(46-12)37-9-35-16-21(29)31-7-33-23(16)37/h6-9,11-14,17-19,24-25,38H,4-5,10H2,1-3H3,(H2,28,30,32)(H2,29,31,33)/t12-,13?,14?,17?,18?,19?,24?,25-,50?,51?/m1/s1. The first-order valence-corrected chi connectivity index (χ1v) is 22.2. The third-order valence-corrected chi connectivity index (χ3v) is 14.8. The fourth-order valence-corrected chi connectivity index (χ4v) is 10.7. The van der Waals surface area contributed by atoms with Gasteiger partial charge in [0.25, 0.3) is 0 Å². The number of nitrogen functional groups attached to an aromatic ring is 2. The highest BCUT2D eigenvalue weighted by Gasteiger charge is 2.55. The minimum absolute atomic E-state index is 0.0381. The molecule has 8 unspecified atom stereocenters. The summed E-state index contributed by atoms with van der Waals surface area (Å²) in [5.41, 5.74) is 12.6. The Kier molecular flexibility index (Phi) is 10.9. The molecule has 288 valence electrons. The number of alkyl halides is 1. The van der Waals surface area contributed by atoms with Crippen LogP contribution in [0.4, 0.5) is 20.8 Å². The predicted octanol–water partition coefficient (Wildman–Crippen LogP) is 2.97. The Morgan fingerprint density at radius 2 is 1.49 bits per heavy atom. The van der Waals surface area contributed by atoms with E-state index >= 15 is 4.39 Å². The summed E-state index contributed by atoms with van der Waals surface area (Å²) in [6, 6.07) is 0. The minimum Gasteiger partial charge on any atom is -0.432 e. The molecule has 10 atom stereocenters. The average molecular weight is 823 g/mol. The Morgan fingerprint density at radius 3 is 2.11 bits per heavy atom. The Balaban J connectivity index is 1.24. The monoisotopic (exact) mass is 822 g/mol. The molecule has 0 saturated carbocycles. The zero-order chi connectivity index (χ0) is 37.7. The van der Waals surface area contributed by atoms with E-state index in [1.165, 1.54) is 34.4 Å². The summed E-state index contributed by atoms with van der Waals surface area (Å²) in [5, 5.41) is 11.5. The van der Waals surface area contributed by atoms with Crippen LogP contribution in [0.2, 0.25) is 0 Å². The number of imidazole rings is 2. The highest BCUT2D eigenvalue weighted by atomic mass is 32.7. The quantitative estimate of drug-likeness (QED) is 0.137. The largest absolute Gasteiger partial charge is 0.509 e. The molecule has 4 aromatic heterocycles. The van der Waals surface area contributed by atoms with Crippen LogP contribution in [-0.2, 0) is 46.2 Å². The van der Waals surface area contributed by atoms with Gasteiger partial charge in [0.2, 0.25) is 0 Å². The SMILES string of the molecule is CSP1(=O)OC[C@H]2O[C@@H](n3cnc4c(N)ncnc43)C(OP(=O)(SCOC(=O)OC(C)C)OCC3OC(n4cnc5c(N)ncnc54)C(F)C3O1)C2O. The minimum atomic E-state index is -4.57. The van der Waals surface area contributed by atoms with Crippen molar-refractivity contribution in [2.24, 2.45) is 0 Å². The molecule has 7 heterocycles. The first-order valence-electron chi connectivity index (χ1n) is 15.7. The van der Waals surface area contributed by atoms with Crippen molar-refractivity contribution in [3.05, 3.63) is 25.3 Å². The first kappa shape index (κ1) is 38.1. The molecule has 0 aromatic carbocycles. The van der Waals surface area contributed by atoms with Gasteiger partial charge in [-0.25, -0.2) is 48.2 Å². The highest BCUT2D eigenvalue weighted by Crippen LogP contribution is 2.65. The molecular weight excluding hydrogens is 789 g/mol. The molecule has 53 heavy (non-hydrogen) atoms. The molecule has 0 spiro atoms. The first-order chi connectivity index (χ1) is 25.3. The van der Waals surface area contributed by atoms with Gasteiger partial charge in [-0.1, -0.05) is 0 Å². The maximum absolute atomic E-state index is 16.5. The number of hydrogen-bond donors (Lipinski definition) is 3. The predicted molar refractivity (Wildman–Crippen MR) is 184 cm³/mol. The van der Waals surface area contributed by atoms with Crippen LogP contribution < -0.4 is 11.5 Å². The third-order valence-electron chi connectivity index (χ3n) is 8.14. The fraction of sp³-hybridized carbons (Fsp3) is 0.577. The van der Waals surface area contributed by atoms with Gasteiger partial charge in [-0.05, 0) is 31.5 Å². The molecule has 4 aromatic rings. The Hall–Kier alpha value is -3.22. The number of halogens is 1. The van der Waals surface area contributed by atoms with Gasteiger partial charge in [-0.15, -0.1) is 0 Å². The van der Waals surface area contributed by atoms with E-state index in [1.54, 1.807) is 13.8 Å². The fourth-order valence-electron chi connectivity index (χ4n) is 5.70. The maximum Gasteiger partial charge on any atom is 0.509 e. The summed E-state index contributed by atoms with van der Waals surface area (Å²) >= 11 is 1.09. The van der Waals surface area contributed by atoms with Crippen molar-refractivity contribution in [2.75, 3.05) is 36.9 Å². The molecule has 7 rings (SSSR count). The maximum atomic E-state index is 16.5. The van der Waals surface area contributed by atoms with Gasteiger partial charge in [0.15, 0.2) is 47.5 Å². The van der Waals surface area contributed by atoms with Crippen molar-refractivity contribution < 1.29 is 60.5 Å². The van der Waals surface area contributed by atoms with Crippen LogP contribution in [0.5, 0.6) is 0 Å². The molecule has 0 radical (unpaired) electrons. The van der Waals surface area contributed by atoms with E-state index in [4.69, 9.17) is 48.5 Å². The molecule has 27 heteroatoms. The van der Waals surface area contributed by atoms with Crippen LogP contribution in [0.25, 0.3) is 22.3 Å². The lowest BCUT2D eigenvalue weighted by Gasteiger charge is -2.28. The summed E-state index contributed by atoms with van der Waals surface area (Å²) in [5.74, 6) is -0.517. The summed E-state index contributed by atoms with van der Waals surface area (Å²) in [6.07, 6.45) is -7.60. The molecule has 3 saturated heterocycles. The van der Waals surface area contributed by atoms with E-state index in [2.05, 4.69) is 29.9 Å². The van der Waals surface area contributed by atoms with Gasteiger partial charge in [-0.2, -0.15) is 0 Å². The van der Waals surface area contributed by atoms with Crippen molar-refractivity contribution in [1.29, 1.82) is 0 Å². The Morgan fingerprint density at radius 1 is 0.925 bits per heavy atom. The number of hydrogen-bond acceptors (Lipinski definition) is 22. The summed E-state index contributed by atoms with van der Waals surface area (Å²) in [4.78, 5) is 36.7. The number of anilines is 2. The van der Waals surface area contributed by atoms with Crippen LogP contribution in [0.3, 0.4) is 0 Å². The normalized spacial score (nSPS) is 33.7. The lowest BCUT2D eigenvalue weighted by Crippen LogP contribution is -2.35. The number of aliphatic hydroxyl groups excluding tert-OH is 1. The average Bonchev–Trinajstić information content (AvgIpc) is 3.88. The number of fused-ring (bicyclic) bond motifs is 5. The number of ether oxygens (including phenoxy) is 4. The van der Waals surface area contributed by atoms with Crippen molar-refractivity contribution >= 4 is 76.5 Å². The second kappa shape index (κ2) is 15.1. The van der Waals surface area contributed by atoms with E-state index in [9.17, 15) is 19.0 Å². The second-order valence-corrected chi connectivity index (χ2v) is 20.0. The van der Waals surface area contributed by atoms with Gasteiger partial charge >= 0.3 is 19.8 Å². The smallest absolute Gasteiger partial charge is 0.432 e. The molecule has 3 aliphatic heterocycles. The number of rotatable bonds is 7. The molecule has 0 amide bonds. The number of nitrogens with two attached hydrogens (primary N) is 2. The van der Waals surface area contributed by atoms with E-state index in [-0.39, 0.29) is 34.0 Å². The zero-order valence-corrected chi connectivity index (χ0v) is 31.3. The number of aromatic nitrogens is 8. The summed E-state index contributed by atoms with van der Waals surface area (Å²) in [7, 11) is 0. The van der Waals surface area contributed by atoms with Gasteiger partial charge in [0, 0.05) is 11.4 Å².